The Labute approximate surface area is 91.6 Å². The van der Waals surface area contributed by atoms with Crippen LogP contribution >= 0.6 is 0 Å². The van der Waals surface area contributed by atoms with E-state index in [1.807, 2.05) is 0 Å². The number of hydrogen-bond acceptors (Lipinski definition) is 2. The number of aromatic carboxylic acids is 1. The van der Waals surface area contributed by atoms with Crippen molar-refractivity contribution in [3.05, 3.63) is 29.6 Å². The molecule has 0 heterocycles. The molecule has 0 atom stereocenters. The zero-order valence-electron chi connectivity index (χ0n) is 7.41. The van der Waals surface area contributed by atoms with E-state index in [2.05, 4.69) is 0 Å². The molecule has 0 spiro atoms. The molecule has 0 fully saturated rings. The molecule has 1 aromatic carbocycles. The Morgan fingerprint density at radius 3 is 2.50 bits per heavy atom. The van der Waals surface area contributed by atoms with Crippen LogP contribution in [0, 0.1) is 5.82 Å². The van der Waals surface area contributed by atoms with Gasteiger partial charge < -0.3 is 11.6 Å². The number of hydrogen-bond donors (Lipinski definition) is 2. The van der Waals surface area contributed by atoms with E-state index in [1.54, 1.807) is 0 Å². The van der Waals surface area contributed by atoms with Crippen molar-refractivity contribution in [3.8, 4) is 5.75 Å². The minimum absolute atomic E-state index is 0. The van der Waals surface area contributed by atoms with E-state index >= 15 is 0 Å². The topological polar surface area (TPSA) is 57.5 Å². The van der Waals surface area contributed by atoms with Crippen molar-refractivity contribution in [3.63, 3.8) is 0 Å². The molecule has 0 aliphatic carbocycles. The molecule has 0 aromatic heterocycles. The normalized spacial score (nSPS) is 8.75. The molecule has 0 amide bonds. The molecule has 0 aliphatic rings. The average Bonchev–Trinajstić information content (AvgIpc) is 1.94. The second-order valence-corrected chi connectivity index (χ2v) is 1.97. The maximum Gasteiger partial charge on any atom is 1.00 e. The van der Waals surface area contributed by atoms with Gasteiger partial charge in [-0.15, -0.1) is 0 Å². The third-order valence-corrected chi connectivity index (χ3v) is 1.19. The molecule has 2 N–H and O–H groups in total. The zero-order chi connectivity index (χ0) is 8.43. The van der Waals surface area contributed by atoms with Crippen LogP contribution in [-0.4, -0.2) is 16.2 Å². The summed E-state index contributed by atoms with van der Waals surface area (Å²) in [6.45, 7) is 0. The Balaban J connectivity index is 0. The summed E-state index contributed by atoms with van der Waals surface area (Å²) < 4.78 is 12.3. The fourth-order valence-electron chi connectivity index (χ4n) is 0.680. The molecule has 0 saturated carbocycles. The van der Waals surface area contributed by atoms with Crippen LogP contribution in [-0.2, 0) is 0 Å². The van der Waals surface area contributed by atoms with E-state index in [0.717, 1.165) is 18.2 Å². The molecule has 1 rings (SSSR count). The van der Waals surface area contributed by atoms with E-state index in [0.29, 0.717) is 0 Å². The molecule has 0 unspecified atom stereocenters. The first-order valence-electron chi connectivity index (χ1n) is 2.83. The van der Waals surface area contributed by atoms with Gasteiger partial charge in [-0.2, -0.15) is 0 Å². The van der Waals surface area contributed by atoms with Gasteiger partial charge >= 0.3 is 35.5 Å². The summed E-state index contributed by atoms with van der Waals surface area (Å²) in [5.74, 6) is -2.46. The summed E-state index contributed by atoms with van der Waals surface area (Å²) in [7, 11) is 0. The van der Waals surface area contributed by atoms with Crippen molar-refractivity contribution in [1.29, 1.82) is 0 Å². The molecule has 1 aromatic rings. The Hall–Kier alpha value is -0.580. The number of halogens is 1. The van der Waals surface area contributed by atoms with Crippen LogP contribution in [0.3, 0.4) is 0 Å². The molecular weight excluding hydrogens is 174 g/mol. The smallest absolute Gasteiger partial charge is 1.00 e. The third-order valence-electron chi connectivity index (χ3n) is 1.19. The van der Waals surface area contributed by atoms with Gasteiger partial charge in [0.05, 0.1) is 0 Å². The predicted molar refractivity (Wildman–Crippen MR) is 36.1 cm³/mol. The van der Waals surface area contributed by atoms with Gasteiger partial charge in [0.25, 0.3) is 0 Å². The third kappa shape index (κ3) is 2.48. The second kappa shape index (κ2) is 4.45. The van der Waals surface area contributed by atoms with Crippen molar-refractivity contribution in [2.45, 2.75) is 0 Å². The van der Waals surface area contributed by atoms with E-state index in [4.69, 9.17) is 10.2 Å². The predicted octanol–water partition coefficient (Wildman–Crippen LogP) is -1.65. The van der Waals surface area contributed by atoms with Gasteiger partial charge in [-0.25, -0.2) is 9.18 Å². The van der Waals surface area contributed by atoms with Crippen LogP contribution in [0.5, 0.6) is 5.75 Å². The van der Waals surface area contributed by atoms with Crippen LogP contribution < -0.4 is 29.6 Å². The largest absolute Gasteiger partial charge is 1.00 e. The van der Waals surface area contributed by atoms with Crippen molar-refractivity contribution in [2.24, 2.45) is 0 Å². The van der Waals surface area contributed by atoms with Crippen LogP contribution in [0.15, 0.2) is 18.2 Å². The first-order chi connectivity index (χ1) is 5.11. The van der Waals surface area contributed by atoms with Gasteiger partial charge in [0.15, 0.2) is 0 Å². The van der Waals surface area contributed by atoms with Crippen molar-refractivity contribution >= 4 is 5.97 Å². The summed E-state index contributed by atoms with van der Waals surface area (Å²) in [4.78, 5) is 10.2. The van der Waals surface area contributed by atoms with Gasteiger partial charge in [0.1, 0.15) is 17.1 Å². The van der Waals surface area contributed by atoms with Crippen LogP contribution in [0.2, 0.25) is 0 Å². The van der Waals surface area contributed by atoms with Crippen molar-refractivity contribution in [2.75, 3.05) is 0 Å². The molecular formula is C7H6FNaO3. The van der Waals surface area contributed by atoms with Gasteiger partial charge in [-0.3, -0.25) is 0 Å². The molecule has 12 heavy (non-hydrogen) atoms. The number of benzene rings is 1. The Kier molecular flexibility index (Phi) is 4.23. The Morgan fingerprint density at radius 1 is 1.50 bits per heavy atom. The number of rotatable bonds is 1. The van der Waals surface area contributed by atoms with Gasteiger partial charge in [0, 0.05) is 0 Å². The minimum Gasteiger partial charge on any atom is -1.00 e. The summed E-state index contributed by atoms with van der Waals surface area (Å²) in [5, 5.41) is 17.2. The van der Waals surface area contributed by atoms with E-state index in [-0.39, 0.29) is 31.0 Å². The number of aromatic hydroxyl groups is 1. The summed E-state index contributed by atoms with van der Waals surface area (Å²) >= 11 is 0. The van der Waals surface area contributed by atoms with E-state index < -0.39 is 23.1 Å². The summed E-state index contributed by atoms with van der Waals surface area (Å²) in [6.07, 6.45) is 0. The first kappa shape index (κ1) is 11.4. The Morgan fingerprint density at radius 2 is 2.08 bits per heavy atom. The van der Waals surface area contributed by atoms with Crippen LogP contribution in [0.1, 0.15) is 11.8 Å². The molecule has 0 aliphatic heterocycles. The molecule has 0 saturated heterocycles. The Bertz CT molecular complexity index is 306. The molecule has 3 nitrogen and oxygen atoms in total. The summed E-state index contributed by atoms with van der Waals surface area (Å²) in [6, 6.07) is 2.75. The standard InChI is InChI=1S/C7H5FO3.Na.H/c8-4-1-2-6(9)5(3-4)7(10)11;;/h1-3,9H,(H,10,11);;/q;+1;-1. The van der Waals surface area contributed by atoms with Crippen LogP contribution in [0.4, 0.5) is 4.39 Å². The van der Waals surface area contributed by atoms with Crippen molar-refractivity contribution < 1.29 is 50.4 Å². The van der Waals surface area contributed by atoms with E-state index in [9.17, 15) is 9.18 Å². The number of carbonyl (C=O) groups is 1. The van der Waals surface area contributed by atoms with Crippen molar-refractivity contribution in [1.82, 2.24) is 0 Å². The fraction of sp³-hybridized carbons (Fsp3) is 0. The van der Waals surface area contributed by atoms with Crippen LogP contribution in [0.25, 0.3) is 0 Å². The number of carboxylic acids is 1. The maximum absolute atomic E-state index is 12.3. The SMILES string of the molecule is O=C(O)c1cc(F)ccc1O.[H-].[Na+]. The molecule has 60 valence electrons. The zero-order valence-corrected chi connectivity index (χ0v) is 8.41. The average molecular weight is 180 g/mol. The van der Waals surface area contributed by atoms with Gasteiger partial charge in [-0.05, 0) is 18.2 Å². The van der Waals surface area contributed by atoms with E-state index in [1.165, 1.54) is 0 Å². The maximum atomic E-state index is 12.3. The molecule has 5 heteroatoms. The molecule has 0 radical (unpaired) electrons. The molecule has 0 bridgehead atoms. The minimum atomic E-state index is -1.35. The summed E-state index contributed by atoms with van der Waals surface area (Å²) in [5.41, 5.74) is -0.426. The fourth-order valence-corrected chi connectivity index (χ4v) is 0.680. The van der Waals surface area contributed by atoms with Gasteiger partial charge in [-0.1, -0.05) is 0 Å². The monoisotopic (exact) mass is 180 g/mol. The second-order valence-electron chi connectivity index (χ2n) is 1.97. The number of carboxylic acid groups (broad SMARTS) is 1. The van der Waals surface area contributed by atoms with Gasteiger partial charge in [0.2, 0.25) is 0 Å². The number of phenols is 1. The quantitative estimate of drug-likeness (QED) is 0.509. The first-order valence-corrected chi connectivity index (χ1v) is 2.83.